The third-order valence-corrected chi connectivity index (χ3v) is 9.07. The van der Waals surface area contributed by atoms with Crippen LogP contribution in [0.5, 0.6) is 0 Å². The summed E-state index contributed by atoms with van der Waals surface area (Å²) in [5.74, 6) is -2.78. The van der Waals surface area contributed by atoms with Gasteiger partial charge in [-0.15, -0.1) is 23.2 Å². The topological polar surface area (TPSA) is 92.8 Å². The van der Waals surface area contributed by atoms with E-state index < -0.39 is 30.3 Å². The lowest BCUT2D eigenvalue weighted by molar-refractivity contribution is -0.123. The zero-order valence-corrected chi connectivity index (χ0v) is 21.0. The maximum absolute atomic E-state index is 13.1. The van der Waals surface area contributed by atoms with E-state index in [1.54, 1.807) is 6.07 Å². The highest BCUT2D eigenvalue weighted by atomic mass is 35.5. The first-order valence-electron chi connectivity index (χ1n) is 12.1. The molecule has 3 amide bonds. The van der Waals surface area contributed by atoms with E-state index in [0.717, 1.165) is 10.8 Å². The number of alkyl halides is 2. The van der Waals surface area contributed by atoms with E-state index in [4.69, 9.17) is 27.9 Å². The molecule has 0 radical (unpaired) electrons. The van der Waals surface area contributed by atoms with Crippen LogP contribution in [0.15, 0.2) is 66.7 Å². The predicted octanol–water partition coefficient (Wildman–Crippen LogP) is 4.61. The van der Waals surface area contributed by atoms with Crippen molar-refractivity contribution in [3.05, 3.63) is 72.3 Å². The molecule has 3 aromatic carbocycles. The van der Waals surface area contributed by atoms with Crippen molar-refractivity contribution in [2.45, 2.75) is 17.2 Å². The molecular formula is C28H22Cl2N2O5. The average molecular weight is 537 g/mol. The van der Waals surface area contributed by atoms with E-state index in [-0.39, 0.29) is 40.0 Å². The minimum Gasteiger partial charge on any atom is -0.452 e. The molecule has 0 spiro atoms. The summed E-state index contributed by atoms with van der Waals surface area (Å²) in [6.07, 6.45) is 0.696. The summed E-state index contributed by atoms with van der Waals surface area (Å²) in [4.78, 5) is 52.4. The number of esters is 1. The number of nitrogens with zero attached hydrogens (tertiary/aromatic N) is 1. The van der Waals surface area contributed by atoms with Crippen molar-refractivity contribution in [1.29, 1.82) is 0 Å². The van der Waals surface area contributed by atoms with Gasteiger partial charge in [0.15, 0.2) is 6.61 Å². The predicted molar refractivity (Wildman–Crippen MR) is 140 cm³/mol. The molecule has 2 bridgehead atoms. The largest absolute Gasteiger partial charge is 0.452 e. The standard InChI is InChI=1S/C28H22Cl2N2O5/c29-24-18-12-19(25(24)30)23-22(18)26(34)32(27(23)35)16-10-8-15(9-11-16)28(36)37-13-21(33)31-20-7-3-5-14-4-1-2-6-17(14)20/h1-11,18-19,22-25H,12-13H2,(H,31,33)/t18-,19-,22-,23-,24+,25+/m1/s1. The van der Waals surface area contributed by atoms with Crippen molar-refractivity contribution in [1.82, 2.24) is 0 Å². The van der Waals surface area contributed by atoms with Crippen LogP contribution in [0.2, 0.25) is 0 Å². The molecular weight excluding hydrogens is 515 g/mol. The summed E-state index contributed by atoms with van der Waals surface area (Å²) in [5, 5.41) is 3.99. The number of amides is 3. The number of imide groups is 1. The van der Waals surface area contributed by atoms with Crippen LogP contribution in [0.3, 0.4) is 0 Å². The minimum atomic E-state index is -0.691. The number of carbonyl (C=O) groups excluding carboxylic acids is 4. The van der Waals surface area contributed by atoms with Gasteiger partial charge in [0.05, 0.1) is 33.8 Å². The molecule has 3 fully saturated rings. The number of fused-ring (bicyclic) bond motifs is 6. The number of benzene rings is 3. The third kappa shape index (κ3) is 3.88. The van der Waals surface area contributed by atoms with Crippen LogP contribution in [-0.2, 0) is 19.1 Å². The molecule has 0 aromatic heterocycles. The van der Waals surface area contributed by atoms with Crippen LogP contribution in [-0.4, -0.2) is 41.1 Å². The van der Waals surface area contributed by atoms with E-state index >= 15 is 0 Å². The molecule has 1 aliphatic heterocycles. The van der Waals surface area contributed by atoms with Crippen LogP contribution in [0.4, 0.5) is 11.4 Å². The van der Waals surface area contributed by atoms with Crippen LogP contribution in [0, 0.1) is 23.7 Å². The number of hydrogen-bond donors (Lipinski definition) is 1. The molecule has 3 aromatic rings. The Balaban J connectivity index is 1.10. The van der Waals surface area contributed by atoms with Gasteiger partial charge in [-0.2, -0.15) is 0 Å². The fraction of sp³-hybridized carbons (Fsp3) is 0.286. The Hall–Kier alpha value is -3.42. The zero-order valence-electron chi connectivity index (χ0n) is 19.5. The highest BCUT2D eigenvalue weighted by molar-refractivity contribution is 6.32. The first-order valence-corrected chi connectivity index (χ1v) is 12.9. The molecule has 2 aliphatic carbocycles. The van der Waals surface area contributed by atoms with Crippen LogP contribution in [0.1, 0.15) is 16.8 Å². The Morgan fingerprint density at radius 3 is 2.16 bits per heavy atom. The number of nitrogens with one attached hydrogen (secondary N) is 1. The summed E-state index contributed by atoms with van der Waals surface area (Å²) in [5.41, 5.74) is 1.21. The van der Waals surface area contributed by atoms with Gasteiger partial charge in [0.25, 0.3) is 5.91 Å². The number of ether oxygens (including phenoxy) is 1. The van der Waals surface area contributed by atoms with Crippen molar-refractivity contribution in [3.8, 4) is 0 Å². The quantitative estimate of drug-likeness (QED) is 0.292. The molecule has 188 valence electrons. The van der Waals surface area contributed by atoms with Crippen LogP contribution in [0.25, 0.3) is 10.8 Å². The second-order valence-corrected chi connectivity index (χ2v) is 10.7. The molecule has 1 N–H and O–H groups in total. The number of anilines is 2. The Morgan fingerprint density at radius 2 is 1.49 bits per heavy atom. The second-order valence-electron chi connectivity index (χ2n) is 9.71. The Morgan fingerprint density at radius 1 is 0.865 bits per heavy atom. The van der Waals surface area contributed by atoms with Gasteiger partial charge >= 0.3 is 5.97 Å². The lowest BCUT2D eigenvalue weighted by Crippen LogP contribution is -2.37. The molecule has 6 atom stereocenters. The maximum Gasteiger partial charge on any atom is 0.338 e. The summed E-state index contributed by atoms with van der Waals surface area (Å²) in [6, 6.07) is 19.2. The Bertz CT molecular complexity index is 1400. The van der Waals surface area contributed by atoms with Gasteiger partial charge in [0.1, 0.15) is 0 Å². The van der Waals surface area contributed by atoms with E-state index in [2.05, 4.69) is 5.32 Å². The summed E-state index contributed by atoms with van der Waals surface area (Å²) in [6.45, 7) is -0.460. The first-order chi connectivity index (χ1) is 17.8. The SMILES string of the molecule is O=C(COC(=O)c1ccc(N2C(=O)[C@@H]3[C@H]4C[C@@H]([C@H](Cl)[C@H]4Cl)[C@H]3C2=O)cc1)Nc1cccc2ccccc12. The smallest absolute Gasteiger partial charge is 0.338 e. The monoisotopic (exact) mass is 536 g/mol. The number of carbonyl (C=O) groups is 4. The summed E-state index contributed by atoms with van der Waals surface area (Å²) >= 11 is 12.8. The van der Waals surface area contributed by atoms with E-state index in [1.165, 1.54) is 29.2 Å². The van der Waals surface area contributed by atoms with Gasteiger partial charge in [0, 0.05) is 11.1 Å². The van der Waals surface area contributed by atoms with Gasteiger partial charge in [0.2, 0.25) is 11.8 Å². The second kappa shape index (κ2) is 9.15. The molecule has 37 heavy (non-hydrogen) atoms. The van der Waals surface area contributed by atoms with Gasteiger partial charge in [-0.1, -0.05) is 36.4 Å². The molecule has 9 heteroatoms. The van der Waals surface area contributed by atoms with E-state index in [1.807, 2.05) is 36.4 Å². The fourth-order valence-electron chi connectivity index (χ4n) is 6.08. The molecule has 6 rings (SSSR count). The summed E-state index contributed by atoms with van der Waals surface area (Å²) < 4.78 is 5.17. The third-order valence-electron chi connectivity index (χ3n) is 7.75. The summed E-state index contributed by atoms with van der Waals surface area (Å²) in [7, 11) is 0. The van der Waals surface area contributed by atoms with Crippen molar-refractivity contribution in [2.24, 2.45) is 23.7 Å². The van der Waals surface area contributed by atoms with Gasteiger partial charge < -0.3 is 10.1 Å². The maximum atomic E-state index is 13.1. The van der Waals surface area contributed by atoms with Gasteiger partial charge in [-0.3, -0.25) is 19.3 Å². The van der Waals surface area contributed by atoms with Crippen molar-refractivity contribution >= 4 is 69.0 Å². The van der Waals surface area contributed by atoms with Crippen LogP contribution >= 0.6 is 23.2 Å². The number of halogens is 2. The molecule has 3 aliphatic rings. The number of hydrogen-bond acceptors (Lipinski definition) is 5. The first kappa shape index (κ1) is 23.9. The zero-order chi connectivity index (χ0) is 25.8. The molecule has 7 nitrogen and oxygen atoms in total. The van der Waals surface area contributed by atoms with Crippen molar-refractivity contribution in [2.75, 3.05) is 16.8 Å². The van der Waals surface area contributed by atoms with E-state index in [9.17, 15) is 19.2 Å². The highest BCUT2D eigenvalue weighted by Gasteiger charge is 2.66. The van der Waals surface area contributed by atoms with E-state index in [0.29, 0.717) is 17.8 Å². The lowest BCUT2D eigenvalue weighted by atomic mass is 9.80. The van der Waals surface area contributed by atoms with Crippen molar-refractivity contribution in [3.63, 3.8) is 0 Å². The molecule has 1 heterocycles. The van der Waals surface area contributed by atoms with Gasteiger partial charge in [-0.25, -0.2) is 4.79 Å². The molecule has 0 unspecified atom stereocenters. The Labute approximate surface area is 222 Å². The van der Waals surface area contributed by atoms with Gasteiger partial charge in [-0.05, 0) is 54.0 Å². The van der Waals surface area contributed by atoms with Crippen LogP contribution < -0.4 is 10.2 Å². The van der Waals surface area contributed by atoms with Crippen molar-refractivity contribution < 1.29 is 23.9 Å². The molecule has 1 saturated heterocycles. The minimum absolute atomic E-state index is 0.102. The normalized spacial score (nSPS) is 28.0. The lowest BCUT2D eigenvalue weighted by Gasteiger charge is -2.28. The fourth-order valence-corrected chi connectivity index (χ4v) is 6.98. The number of rotatable bonds is 5. The Kier molecular flexibility index (Phi) is 5.92. The average Bonchev–Trinajstić information content (AvgIpc) is 3.52. The highest BCUT2D eigenvalue weighted by Crippen LogP contribution is 2.59. The molecule has 2 saturated carbocycles.